The minimum atomic E-state index is -3.07. The van der Waals surface area contributed by atoms with Gasteiger partial charge in [0, 0.05) is 11.8 Å². The van der Waals surface area contributed by atoms with E-state index < -0.39 is 44.0 Å². The average molecular weight is 571 g/mol. The molecule has 0 saturated carbocycles. The molecule has 0 bridgehead atoms. The van der Waals surface area contributed by atoms with E-state index in [4.69, 9.17) is 13.9 Å². The van der Waals surface area contributed by atoms with Gasteiger partial charge in [-0.1, -0.05) is 99.6 Å². The number of esters is 1. The van der Waals surface area contributed by atoms with E-state index in [0.717, 1.165) is 10.4 Å². The second kappa shape index (κ2) is 11.4. The van der Waals surface area contributed by atoms with Crippen molar-refractivity contribution in [2.45, 2.75) is 51.2 Å². The molecule has 9 heteroatoms. The number of aryl methyl sites for hydroxylation is 1. The van der Waals surface area contributed by atoms with Crippen molar-refractivity contribution in [3.63, 3.8) is 0 Å². The predicted molar refractivity (Wildman–Crippen MR) is 159 cm³/mol. The molecule has 4 aromatic rings. The van der Waals surface area contributed by atoms with Gasteiger partial charge < -0.3 is 13.9 Å². The van der Waals surface area contributed by atoms with Gasteiger partial charge in [-0.15, -0.1) is 0 Å². The molecule has 1 aliphatic heterocycles. The Morgan fingerprint density at radius 1 is 0.902 bits per heavy atom. The van der Waals surface area contributed by atoms with Crippen LogP contribution in [-0.2, 0) is 13.9 Å². The zero-order chi connectivity index (χ0) is 29.2. The van der Waals surface area contributed by atoms with Crippen molar-refractivity contribution >= 4 is 24.7 Å². The number of aromatic nitrogens is 2. The molecule has 1 aliphatic rings. The van der Waals surface area contributed by atoms with E-state index in [9.17, 15) is 14.4 Å². The van der Waals surface area contributed by atoms with Crippen LogP contribution in [0.25, 0.3) is 0 Å². The number of benzene rings is 3. The maximum atomic E-state index is 13.4. The van der Waals surface area contributed by atoms with E-state index in [2.05, 4.69) is 50.0 Å². The first-order valence-corrected chi connectivity index (χ1v) is 15.5. The summed E-state index contributed by atoms with van der Waals surface area (Å²) in [5, 5.41) is 1.78. The lowest BCUT2D eigenvalue weighted by molar-refractivity contribution is -0.0420. The molecule has 5 rings (SSSR count). The van der Waals surface area contributed by atoms with Crippen LogP contribution in [0.2, 0.25) is 5.04 Å². The summed E-state index contributed by atoms with van der Waals surface area (Å²) < 4.78 is 20.8. The van der Waals surface area contributed by atoms with Crippen molar-refractivity contribution in [3.05, 3.63) is 129 Å². The molecular formula is C32H34N2O6Si. The molecule has 1 aromatic heterocycles. The van der Waals surface area contributed by atoms with Crippen molar-refractivity contribution in [1.29, 1.82) is 0 Å². The SMILES string of the molecule is Cc1cn(C2OCC(O[Si](c3ccccc3)(c3ccccc3)C(C)(C)C)C2OC(=O)c2ccccc2)c(=O)[nH]c1=O. The number of H-pyrrole nitrogens is 1. The highest BCUT2D eigenvalue weighted by Crippen LogP contribution is 2.40. The van der Waals surface area contributed by atoms with Crippen molar-refractivity contribution in [2.24, 2.45) is 0 Å². The summed E-state index contributed by atoms with van der Waals surface area (Å²) in [6.45, 7) is 8.16. The summed E-state index contributed by atoms with van der Waals surface area (Å²) in [5.41, 5.74) is -0.440. The largest absolute Gasteiger partial charge is 0.451 e. The quantitative estimate of drug-likeness (QED) is 0.270. The van der Waals surface area contributed by atoms with Crippen LogP contribution in [0.1, 0.15) is 42.9 Å². The maximum absolute atomic E-state index is 13.4. The van der Waals surface area contributed by atoms with Crippen LogP contribution in [0.5, 0.6) is 0 Å². The third kappa shape index (κ3) is 5.48. The minimum absolute atomic E-state index is 0.0759. The van der Waals surface area contributed by atoms with Crippen molar-refractivity contribution in [1.82, 2.24) is 9.55 Å². The van der Waals surface area contributed by atoms with E-state index in [1.807, 2.05) is 42.5 Å². The van der Waals surface area contributed by atoms with E-state index in [1.54, 1.807) is 31.2 Å². The van der Waals surface area contributed by atoms with Gasteiger partial charge in [-0.05, 0) is 34.5 Å². The van der Waals surface area contributed by atoms with Crippen LogP contribution in [-0.4, -0.2) is 42.7 Å². The fourth-order valence-corrected chi connectivity index (χ4v) is 10.2. The van der Waals surface area contributed by atoms with Gasteiger partial charge in [0.25, 0.3) is 13.9 Å². The number of hydrogen-bond donors (Lipinski definition) is 1. The number of carbonyl (C=O) groups is 1. The third-order valence-electron chi connectivity index (χ3n) is 7.50. The van der Waals surface area contributed by atoms with Crippen LogP contribution in [0.15, 0.2) is 107 Å². The van der Waals surface area contributed by atoms with E-state index >= 15 is 0 Å². The number of ether oxygens (including phenoxy) is 2. The summed E-state index contributed by atoms with van der Waals surface area (Å²) in [4.78, 5) is 40.7. The Kier molecular flexibility index (Phi) is 7.95. The Balaban J connectivity index is 1.63. The monoisotopic (exact) mass is 570 g/mol. The number of hydrogen-bond acceptors (Lipinski definition) is 6. The highest BCUT2D eigenvalue weighted by Gasteiger charge is 2.55. The lowest BCUT2D eigenvalue weighted by Crippen LogP contribution is -2.68. The van der Waals surface area contributed by atoms with E-state index in [0.29, 0.717) is 11.1 Å². The van der Waals surface area contributed by atoms with Crippen molar-refractivity contribution in [2.75, 3.05) is 6.61 Å². The molecule has 41 heavy (non-hydrogen) atoms. The minimum Gasteiger partial charge on any atom is -0.451 e. The Labute approximate surface area is 239 Å². The van der Waals surface area contributed by atoms with Gasteiger partial charge in [-0.2, -0.15) is 0 Å². The number of carbonyl (C=O) groups excluding carboxylic acids is 1. The highest BCUT2D eigenvalue weighted by molar-refractivity contribution is 6.99. The molecule has 1 fully saturated rings. The maximum Gasteiger partial charge on any atom is 0.338 e. The first-order valence-electron chi connectivity index (χ1n) is 13.6. The zero-order valence-electron chi connectivity index (χ0n) is 23.6. The molecule has 1 saturated heterocycles. The highest BCUT2D eigenvalue weighted by atomic mass is 28.4. The van der Waals surface area contributed by atoms with Crippen LogP contribution < -0.4 is 21.6 Å². The van der Waals surface area contributed by atoms with Gasteiger partial charge in [-0.25, -0.2) is 9.59 Å². The standard InChI is InChI=1S/C32H34N2O6Si/c1-22-20-34(31(37)33-28(22)35)29-27(39-30(36)23-14-8-5-9-15-23)26(21-38-29)40-41(32(2,3)4,24-16-10-6-11-17-24)25-18-12-7-13-19-25/h5-20,26-27,29H,21H2,1-4H3,(H,33,35,37). The topological polar surface area (TPSA) is 99.6 Å². The normalized spacial score (nSPS) is 19.2. The lowest BCUT2D eigenvalue weighted by Gasteiger charge is -2.45. The van der Waals surface area contributed by atoms with E-state index in [-0.39, 0.29) is 11.6 Å². The molecule has 2 heterocycles. The second-order valence-electron chi connectivity index (χ2n) is 11.3. The van der Waals surface area contributed by atoms with Gasteiger partial charge in [-0.3, -0.25) is 14.3 Å². The number of nitrogens with one attached hydrogen (secondary N) is 1. The van der Waals surface area contributed by atoms with Gasteiger partial charge >= 0.3 is 11.7 Å². The van der Waals surface area contributed by atoms with Gasteiger partial charge in [0.1, 0.15) is 6.10 Å². The summed E-state index contributed by atoms with van der Waals surface area (Å²) >= 11 is 0. The van der Waals surface area contributed by atoms with Crippen LogP contribution >= 0.6 is 0 Å². The summed E-state index contributed by atoms with van der Waals surface area (Å²) in [7, 11) is -3.07. The van der Waals surface area contributed by atoms with E-state index in [1.165, 1.54) is 10.8 Å². The third-order valence-corrected chi connectivity index (χ3v) is 12.6. The molecule has 0 amide bonds. The van der Waals surface area contributed by atoms with Gasteiger partial charge in [0.05, 0.1) is 12.2 Å². The molecule has 0 spiro atoms. The number of nitrogens with zero attached hydrogens (tertiary/aromatic N) is 1. The Morgan fingerprint density at radius 3 is 1.98 bits per heavy atom. The molecule has 3 aromatic carbocycles. The molecule has 1 N–H and O–H groups in total. The summed E-state index contributed by atoms with van der Waals surface area (Å²) in [6.07, 6.45) is -1.26. The first kappa shape index (κ1) is 28.5. The van der Waals surface area contributed by atoms with Crippen molar-refractivity contribution in [3.8, 4) is 0 Å². The molecular weight excluding hydrogens is 536 g/mol. The summed E-state index contributed by atoms with van der Waals surface area (Å²) in [6, 6.07) is 28.9. The van der Waals surface area contributed by atoms with Crippen molar-refractivity contribution < 1.29 is 18.7 Å². The van der Waals surface area contributed by atoms with Gasteiger partial charge in [0.15, 0.2) is 12.3 Å². The second-order valence-corrected chi connectivity index (χ2v) is 15.5. The molecule has 8 nitrogen and oxygen atoms in total. The summed E-state index contributed by atoms with van der Waals surface area (Å²) in [5.74, 6) is -0.559. The molecule has 3 unspecified atom stereocenters. The molecule has 3 atom stereocenters. The van der Waals surface area contributed by atoms with Gasteiger partial charge in [0.2, 0.25) is 0 Å². The average Bonchev–Trinajstić information content (AvgIpc) is 3.35. The predicted octanol–water partition coefficient (Wildman–Crippen LogP) is 3.54. The number of aromatic amines is 1. The van der Waals surface area contributed by atoms with Crippen LogP contribution in [0.4, 0.5) is 0 Å². The Bertz CT molecular complexity index is 1570. The molecule has 212 valence electrons. The number of rotatable bonds is 7. The lowest BCUT2D eigenvalue weighted by atomic mass is 10.2. The Hall–Kier alpha value is -4.05. The fourth-order valence-electron chi connectivity index (χ4n) is 5.50. The Morgan fingerprint density at radius 2 is 1.44 bits per heavy atom. The van der Waals surface area contributed by atoms with Crippen LogP contribution in [0, 0.1) is 6.92 Å². The molecule has 0 aliphatic carbocycles. The zero-order valence-corrected chi connectivity index (χ0v) is 24.6. The van der Waals surface area contributed by atoms with Crippen LogP contribution in [0.3, 0.4) is 0 Å². The fraction of sp³-hybridized carbons (Fsp3) is 0.281. The molecule has 0 radical (unpaired) electrons. The first-order chi connectivity index (χ1) is 19.6. The smallest absolute Gasteiger partial charge is 0.338 e.